The van der Waals surface area contributed by atoms with Crippen molar-refractivity contribution in [1.82, 2.24) is 0 Å². The van der Waals surface area contributed by atoms with Crippen molar-refractivity contribution >= 4 is 5.69 Å². The molecule has 1 heterocycles. The Morgan fingerprint density at radius 1 is 1.47 bits per heavy atom. The van der Waals surface area contributed by atoms with Gasteiger partial charge < -0.3 is 14.8 Å². The van der Waals surface area contributed by atoms with E-state index < -0.39 is 0 Å². The monoisotopic (exact) mass is 233 g/mol. The molecule has 92 valence electrons. The lowest BCUT2D eigenvalue weighted by atomic mass is 10.1. The fraction of sp³-hybridized carbons (Fsp3) is 0.429. The van der Waals surface area contributed by atoms with E-state index in [9.17, 15) is 0 Å². The number of allylic oxidation sites excluding steroid dienone is 1. The standard InChI is InChI=1S/C14H19NO2/c1-11-6-7-13(14(9-11)16-2)15-10-12-5-3-4-8-17-12/h4,6-9,12,15H,3,5,10H2,1-2H3. The van der Waals surface area contributed by atoms with Crippen LogP contribution >= 0.6 is 0 Å². The normalized spacial score (nSPS) is 18.6. The Hall–Kier alpha value is -1.64. The number of hydrogen-bond donors (Lipinski definition) is 1. The van der Waals surface area contributed by atoms with Crippen LogP contribution in [0.3, 0.4) is 0 Å². The fourth-order valence-electron chi connectivity index (χ4n) is 1.90. The quantitative estimate of drug-likeness (QED) is 0.866. The summed E-state index contributed by atoms with van der Waals surface area (Å²) in [6.45, 7) is 2.87. The van der Waals surface area contributed by atoms with Gasteiger partial charge >= 0.3 is 0 Å². The predicted octanol–water partition coefficient (Wildman–Crippen LogP) is 3.11. The Labute approximate surface area is 102 Å². The summed E-state index contributed by atoms with van der Waals surface area (Å²) in [7, 11) is 1.69. The summed E-state index contributed by atoms with van der Waals surface area (Å²) < 4.78 is 10.9. The summed E-state index contributed by atoms with van der Waals surface area (Å²) in [6, 6.07) is 6.16. The summed E-state index contributed by atoms with van der Waals surface area (Å²) in [5.74, 6) is 0.886. The Kier molecular flexibility index (Phi) is 3.91. The first kappa shape index (κ1) is 11.8. The largest absolute Gasteiger partial charge is 0.497 e. The van der Waals surface area contributed by atoms with Gasteiger partial charge in [0, 0.05) is 0 Å². The van der Waals surface area contributed by atoms with Gasteiger partial charge in [-0.15, -0.1) is 0 Å². The molecule has 1 aliphatic rings. The minimum absolute atomic E-state index is 0.256. The van der Waals surface area contributed by atoms with Crippen LogP contribution in [0.25, 0.3) is 0 Å². The fourth-order valence-corrected chi connectivity index (χ4v) is 1.90. The van der Waals surface area contributed by atoms with Gasteiger partial charge in [0.05, 0.1) is 25.6 Å². The minimum atomic E-state index is 0.256. The zero-order chi connectivity index (χ0) is 12.1. The summed E-state index contributed by atoms with van der Waals surface area (Å²) in [4.78, 5) is 0. The van der Waals surface area contributed by atoms with E-state index in [1.807, 2.05) is 12.1 Å². The maximum atomic E-state index is 5.51. The molecule has 3 nitrogen and oxygen atoms in total. The van der Waals surface area contributed by atoms with Crippen molar-refractivity contribution in [2.75, 3.05) is 19.0 Å². The molecule has 17 heavy (non-hydrogen) atoms. The van der Waals surface area contributed by atoms with E-state index in [0.29, 0.717) is 0 Å². The van der Waals surface area contributed by atoms with Gasteiger partial charge in [-0.1, -0.05) is 6.07 Å². The van der Waals surface area contributed by atoms with Crippen LogP contribution in [0.15, 0.2) is 30.5 Å². The van der Waals surface area contributed by atoms with Gasteiger partial charge in [-0.25, -0.2) is 0 Å². The van der Waals surface area contributed by atoms with Crippen molar-refractivity contribution in [3.8, 4) is 5.75 Å². The third-order valence-corrected chi connectivity index (χ3v) is 2.90. The highest BCUT2D eigenvalue weighted by molar-refractivity contribution is 5.57. The first-order valence-electron chi connectivity index (χ1n) is 5.98. The number of nitrogens with one attached hydrogen (secondary N) is 1. The van der Waals surface area contributed by atoms with Crippen molar-refractivity contribution < 1.29 is 9.47 Å². The van der Waals surface area contributed by atoms with E-state index in [1.165, 1.54) is 5.56 Å². The van der Waals surface area contributed by atoms with Crippen LogP contribution in [-0.4, -0.2) is 19.8 Å². The van der Waals surface area contributed by atoms with Crippen LogP contribution in [0.1, 0.15) is 18.4 Å². The molecule has 0 bridgehead atoms. The second kappa shape index (κ2) is 5.62. The molecular formula is C14H19NO2. The van der Waals surface area contributed by atoms with E-state index in [0.717, 1.165) is 30.8 Å². The second-order valence-electron chi connectivity index (χ2n) is 4.29. The third kappa shape index (κ3) is 3.16. The number of ether oxygens (including phenoxy) is 2. The lowest BCUT2D eigenvalue weighted by molar-refractivity contribution is 0.135. The molecule has 0 aromatic heterocycles. The number of rotatable bonds is 4. The molecule has 1 N–H and O–H groups in total. The van der Waals surface area contributed by atoms with Gasteiger partial charge in [0.2, 0.25) is 0 Å². The zero-order valence-electron chi connectivity index (χ0n) is 10.4. The molecule has 1 aromatic carbocycles. The van der Waals surface area contributed by atoms with E-state index in [4.69, 9.17) is 9.47 Å². The predicted molar refractivity (Wildman–Crippen MR) is 69.5 cm³/mol. The molecule has 1 unspecified atom stereocenters. The lowest BCUT2D eigenvalue weighted by Crippen LogP contribution is -2.23. The number of anilines is 1. The molecule has 0 saturated carbocycles. The second-order valence-corrected chi connectivity index (χ2v) is 4.29. The highest BCUT2D eigenvalue weighted by Gasteiger charge is 2.11. The molecule has 0 fully saturated rings. The summed E-state index contributed by atoms with van der Waals surface area (Å²) >= 11 is 0. The van der Waals surface area contributed by atoms with E-state index in [1.54, 1.807) is 13.4 Å². The Bertz CT molecular complexity index is 401. The van der Waals surface area contributed by atoms with Crippen molar-refractivity contribution in [3.05, 3.63) is 36.1 Å². The molecule has 0 amide bonds. The van der Waals surface area contributed by atoms with Crippen LogP contribution in [0, 0.1) is 6.92 Å². The number of aryl methyl sites for hydroxylation is 1. The lowest BCUT2D eigenvalue weighted by Gasteiger charge is -2.21. The number of benzene rings is 1. The van der Waals surface area contributed by atoms with Gasteiger partial charge in [0.15, 0.2) is 0 Å². The molecule has 1 aromatic rings. The van der Waals surface area contributed by atoms with E-state index >= 15 is 0 Å². The summed E-state index contributed by atoms with van der Waals surface area (Å²) in [5, 5.41) is 3.38. The SMILES string of the molecule is COc1cc(C)ccc1NCC1CCC=CO1. The molecule has 1 aliphatic heterocycles. The van der Waals surface area contributed by atoms with E-state index in [-0.39, 0.29) is 6.10 Å². The van der Waals surface area contributed by atoms with Gasteiger partial charge in [-0.05, 0) is 43.5 Å². The van der Waals surface area contributed by atoms with Gasteiger partial charge in [0.25, 0.3) is 0 Å². The first-order chi connectivity index (χ1) is 8.29. The highest BCUT2D eigenvalue weighted by atomic mass is 16.5. The average molecular weight is 233 g/mol. The Balaban J connectivity index is 1.96. The zero-order valence-corrected chi connectivity index (χ0v) is 10.4. The third-order valence-electron chi connectivity index (χ3n) is 2.90. The van der Waals surface area contributed by atoms with Crippen LogP contribution in [-0.2, 0) is 4.74 Å². The summed E-state index contributed by atoms with van der Waals surface area (Å²) in [5.41, 5.74) is 2.22. The molecule has 3 heteroatoms. The van der Waals surface area contributed by atoms with Gasteiger partial charge in [0.1, 0.15) is 11.9 Å². The number of hydrogen-bond acceptors (Lipinski definition) is 3. The molecule has 0 radical (unpaired) electrons. The van der Waals surface area contributed by atoms with Crippen molar-refractivity contribution in [2.24, 2.45) is 0 Å². The summed E-state index contributed by atoms with van der Waals surface area (Å²) in [6.07, 6.45) is 6.27. The molecule has 2 rings (SSSR count). The molecule has 0 saturated heterocycles. The maximum absolute atomic E-state index is 5.51. The molecule has 0 spiro atoms. The van der Waals surface area contributed by atoms with Crippen LogP contribution in [0.2, 0.25) is 0 Å². The van der Waals surface area contributed by atoms with Gasteiger partial charge in [-0.3, -0.25) is 0 Å². The number of methoxy groups -OCH3 is 1. The van der Waals surface area contributed by atoms with Crippen LogP contribution in [0.5, 0.6) is 5.75 Å². The average Bonchev–Trinajstić information content (AvgIpc) is 2.38. The molecule has 1 atom stereocenters. The maximum Gasteiger partial charge on any atom is 0.142 e. The van der Waals surface area contributed by atoms with Crippen molar-refractivity contribution in [2.45, 2.75) is 25.9 Å². The Morgan fingerprint density at radius 2 is 2.35 bits per heavy atom. The minimum Gasteiger partial charge on any atom is -0.497 e. The van der Waals surface area contributed by atoms with Crippen LogP contribution in [0.4, 0.5) is 5.69 Å². The smallest absolute Gasteiger partial charge is 0.142 e. The Morgan fingerprint density at radius 3 is 3.06 bits per heavy atom. The van der Waals surface area contributed by atoms with Crippen molar-refractivity contribution in [1.29, 1.82) is 0 Å². The van der Waals surface area contributed by atoms with Gasteiger partial charge in [-0.2, -0.15) is 0 Å². The van der Waals surface area contributed by atoms with Crippen molar-refractivity contribution in [3.63, 3.8) is 0 Å². The molecular weight excluding hydrogens is 214 g/mol. The highest BCUT2D eigenvalue weighted by Crippen LogP contribution is 2.25. The topological polar surface area (TPSA) is 30.5 Å². The molecule has 0 aliphatic carbocycles. The van der Waals surface area contributed by atoms with E-state index in [2.05, 4.69) is 24.4 Å². The van der Waals surface area contributed by atoms with Crippen LogP contribution < -0.4 is 10.1 Å². The first-order valence-corrected chi connectivity index (χ1v) is 5.98.